The van der Waals surface area contributed by atoms with E-state index in [-0.39, 0.29) is 18.8 Å². The highest BCUT2D eigenvalue weighted by atomic mass is 32.2. The average molecular weight is 287 g/mol. The molecule has 0 aliphatic carbocycles. The summed E-state index contributed by atoms with van der Waals surface area (Å²) in [7, 11) is -1.52. The molecule has 0 radical (unpaired) electrons. The molecule has 0 aromatic carbocycles. The van der Waals surface area contributed by atoms with Crippen LogP contribution in [0.4, 0.5) is 0 Å². The van der Waals surface area contributed by atoms with Crippen molar-refractivity contribution < 1.29 is 17.9 Å². The van der Waals surface area contributed by atoms with Gasteiger partial charge in [-0.2, -0.15) is 9.40 Å². The minimum Gasteiger partial charge on any atom is -0.461 e. The molecule has 0 fully saturated rings. The number of nitrogens with zero attached hydrogens (tertiary/aromatic N) is 3. The zero-order chi connectivity index (χ0) is 14.2. The maximum atomic E-state index is 11.8. The van der Waals surface area contributed by atoms with E-state index < -0.39 is 16.0 Å². The zero-order valence-electron chi connectivity index (χ0n) is 11.2. The van der Waals surface area contributed by atoms with Gasteiger partial charge in [-0.3, -0.25) is 4.68 Å². The molecular formula is C11H17N3O4S. The quantitative estimate of drug-likeness (QED) is 0.726. The molecule has 1 aliphatic heterocycles. The van der Waals surface area contributed by atoms with Crippen LogP contribution in [0.25, 0.3) is 0 Å². The highest BCUT2D eigenvalue weighted by Gasteiger charge is 2.31. The third-order valence-electron chi connectivity index (χ3n) is 3.15. The fourth-order valence-corrected chi connectivity index (χ4v) is 3.00. The molecule has 0 unspecified atom stereocenters. The maximum Gasteiger partial charge on any atom is 0.359 e. The molecular weight excluding hydrogens is 270 g/mol. The normalized spacial score (nSPS) is 16.2. The Morgan fingerprint density at radius 1 is 1.47 bits per heavy atom. The number of carbonyl (C=O) groups is 1. The number of rotatable bonds is 3. The zero-order valence-corrected chi connectivity index (χ0v) is 12.0. The van der Waals surface area contributed by atoms with E-state index in [0.29, 0.717) is 18.5 Å². The van der Waals surface area contributed by atoms with Gasteiger partial charge in [0.2, 0.25) is 10.0 Å². The molecule has 0 N–H and O–H groups in total. The highest BCUT2D eigenvalue weighted by Crippen LogP contribution is 2.24. The van der Waals surface area contributed by atoms with Crippen molar-refractivity contribution in [2.24, 2.45) is 7.05 Å². The Hall–Kier alpha value is -1.41. The third-order valence-corrected chi connectivity index (χ3v) is 4.39. The standard InChI is InChI=1S/C11H17N3O4S/c1-4-18-11(15)10-8-7-14(19(3,16)17)6-5-9(8)13(2)12-10/h4-7H2,1-3H3. The number of sulfonamides is 1. The second kappa shape index (κ2) is 4.93. The monoisotopic (exact) mass is 287 g/mol. The lowest BCUT2D eigenvalue weighted by Gasteiger charge is -2.25. The molecule has 7 nitrogen and oxygen atoms in total. The van der Waals surface area contributed by atoms with E-state index in [1.54, 1.807) is 18.7 Å². The van der Waals surface area contributed by atoms with Crippen LogP contribution in [-0.2, 0) is 34.8 Å². The Bertz CT molecular complexity index is 606. The van der Waals surface area contributed by atoms with Gasteiger partial charge in [0.1, 0.15) is 0 Å². The van der Waals surface area contributed by atoms with Crippen molar-refractivity contribution in [3.05, 3.63) is 17.0 Å². The molecule has 0 atom stereocenters. The van der Waals surface area contributed by atoms with Crippen molar-refractivity contribution in [2.45, 2.75) is 19.9 Å². The van der Waals surface area contributed by atoms with Gasteiger partial charge in [0.25, 0.3) is 0 Å². The summed E-state index contributed by atoms with van der Waals surface area (Å²) in [5, 5.41) is 4.15. The second-order valence-electron chi connectivity index (χ2n) is 4.46. The number of esters is 1. The van der Waals surface area contributed by atoms with Crippen LogP contribution >= 0.6 is 0 Å². The van der Waals surface area contributed by atoms with E-state index in [9.17, 15) is 13.2 Å². The molecule has 1 aliphatic rings. The van der Waals surface area contributed by atoms with Gasteiger partial charge < -0.3 is 4.74 Å². The highest BCUT2D eigenvalue weighted by molar-refractivity contribution is 7.88. The molecule has 0 spiro atoms. The van der Waals surface area contributed by atoms with Crippen molar-refractivity contribution in [3.8, 4) is 0 Å². The number of hydrogen-bond donors (Lipinski definition) is 0. The third kappa shape index (κ3) is 2.64. The van der Waals surface area contributed by atoms with Gasteiger partial charge in [0.05, 0.1) is 12.9 Å². The van der Waals surface area contributed by atoms with E-state index in [1.807, 2.05) is 0 Å². The van der Waals surface area contributed by atoms with Crippen molar-refractivity contribution in [1.29, 1.82) is 0 Å². The second-order valence-corrected chi connectivity index (χ2v) is 6.45. The summed E-state index contributed by atoms with van der Waals surface area (Å²) in [5.74, 6) is -0.505. The Morgan fingerprint density at radius 3 is 2.74 bits per heavy atom. The first-order chi connectivity index (χ1) is 8.84. The molecule has 8 heteroatoms. The van der Waals surface area contributed by atoms with Crippen LogP contribution in [0.1, 0.15) is 28.7 Å². The Labute approximate surface area is 112 Å². The van der Waals surface area contributed by atoms with Gasteiger partial charge >= 0.3 is 5.97 Å². The summed E-state index contributed by atoms with van der Waals surface area (Å²) >= 11 is 0. The van der Waals surface area contributed by atoms with Crippen LogP contribution in [0.5, 0.6) is 0 Å². The summed E-state index contributed by atoms with van der Waals surface area (Å²) in [6, 6.07) is 0. The topological polar surface area (TPSA) is 81.5 Å². The predicted molar refractivity (Wildman–Crippen MR) is 68.1 cm³/mol. The van der Waals surface area contributed by atoms with Crippen molar-refractivity contribution in [2.75, 3.05) is 19.4 Å². The summed E-state index contributed by atoms with van der Waals surface area (Å²) in [5.41, 5.74) is 1.76. The molecule has 1 aromatic heterocycles. The first kappa shape index (κ1) is 14.0. The number of hydrogen-bond acceptors (Lipinski definition) is 5. The van der Waals surface area contributed by atoms with Crippen LogP contribution in [0.2, 0.25) is 0 Å². The van der Waals surface area contributed by atoms with E-state index in [0.717, 1.165) is 5.69 Å². The molecule has 2 heterocycles. The fourth-order valence-electron chi connectivity index (χ4n) is 2.21. The Morgan fingerprint density at radius 2 is 2.16 bits per heavy atom. The average Bonchev–Trinajstić information content (AvgIpc) is 2.66. The molecule has 0 saturated carbocycles. The van der Waals surface area contributed by atoms with E-state index in [1.165, 1.54) is 10.6 Å². The van der Waals surface area contributed by atoms with Crippen LogP contribution in [-0.4, -0.2) is 47.9 Å². The Balaban J connectivity index is 2.39. The lowest BCUT2D eigenvalue weighted by atomic mass is 10.1. The van der Waals surface area contributed by atoms with E-state index in [2.05, 4.69) is 5.10 Å². The number of carbonyl (C=O) groups excluding carboxylic acids is 1. The summed E-state index contributed by atoms with van der Waals surface area (Å²) in [6.45, 7) is 2.57. The van der Waals surface area contributed by atoms with Crippen molar-refractivity contribution >= 4 is 16.0 Å². The van der Waals surface area contributed by atoms with Gasteiger partial charge in [-0.15, -0.1) is 0 Å². The summed E-state index contributed by atoms with van der Waals surface area (Å²) in [6.07, 6.45) is 1.71. The van der Waals surface area contributed by atoms with E-state index >= 15 is 0 Å². The van der Waals surface area contributed by atoms with Gasteiger partial charge in [-0.05, 0) is 6.92 Å². The van der Waals surface area contributed by atoms with Gasteiger partial charge in [-0.1, -0.05) is 0 Å². The largest absolute Gasteiger partial charge is 0.461 e. The minimum atomic E-state index is -3.27. The molecule has 19 heavy (non-hydrogen) atoms. The Kier molecular flexibility index (Phi) is 3.64. The lowest BCUT2D eigenvalue weighted by molar-refractivity contribution is 0.0516. The molecule has 106 valence electrons. The first-order valence-electron chi connectivity index (χ1n) is 6.01. The smallest absolute Gasteiger partial charge is 0.359 e. The van der Waals surface area contributed by atoms with Gasteiger partial charge in [0.15, 0.2) is 5.69 Å². The SMILES string of the molecule is CCOC(=O)c1nn(C)c2c1CN(S(C)(=O)=O)CC2. The van der Waals surface area contributed by atoms with Crippen molar-refractivity contribution in [1.82, 2.24) is 14.1 Å². The molecule has 0 saturated heterocycles. The molecule has 0 amide bonds. The fraction of sp³-hybridized carbons (Fsp3) is 0.636. The van der Waals surface area contributed by atoms with Crippen LogP contribution in [0.3, 0.4) is 0 Å². The molecule has 0 bridgehead atoms. The number of aromatic nitrogens is 2. The lowest BCUT2D eigenvalue weighted by Crippen LogP contribution is -2.35. The number of aryl methyl sites for hydroxylation is 1. The first-order valence-corrected chi connectivity index (χ1v) is 7.86. The molecule has 2 rings (SSSR count). The predicted octanol–water partition coefficient (Wildman–Crippen LogP) is -0.0855. The van der Waals surface area contributed by atoms with Crippen LogP contribution in [0.15, 0.2) is 0 Å². The number of ether oxygens (including phenoxy) is 1. The minimum absolute atomic E-state index is 0.177. The van der Waals surface area contributed by atoms with Gasteiger partial charge in [-0.25, -0.2) is 13.2 Å². The van der Waals surface area contributed by atoms with Crippen LogP contribution in [0, 0.1) is 0 Å². The van der Waals surface area contributed by atoms with Crippen LogP contribution < -0.4 is 0 Å². The summed E-state index contributed by atoms with van der Waals surface area (Å²) < 4.78 is 31.1. The van der Waals surface area contributed by atoms with E-state index in [4.69, 9.17) is 4.74 Å². The maximum absolute atomic E-state index is 11.8. The summed E-state index contributed by atoms with van der Waals surface area (Å²) in [4.78, 5) is 11.8. The molecule has 1 aromatic rings. The van der Waals surface area contributed by atoms with Crippen molar-refractivity contribution in [3.63, 3.8) is 0 Å². The van der Waals surface area contributed by atoms with Gasteiger partial charge in [0, 0.05) is 37.8 Å². The number of fused-ring (bicyclic) bond motifs is 1.